The first-order chi connectivity index (χ1) is 8.96. The fourth-order valence-corrected chi connectivity index (χ4v) is 2.26. The molecule has 1 rings (SSSR count). The number of nitrogens with zero attached hydrogens (tertiary/aromatic N) is 1. The highest BCUT2D eigenvalue weighted by Crippen LogP contribution is 2.32. The average molecular weight is 272 g/mol. The van der Waals surface area contributed by atoms with Gasteiger partial charge in [0.05, 0.1) is 12.5 Å². The number of rotatable bonds is 5. The van der Waals surface area contributed by atoms with Gasteiger partial charge in [0.15, 0.2) is 0 Å². The Balaban J connectivity index is 2.87. The Morgan fingerprint density at radius 2 is 1.95 bits per heavy atom. The summed E-state index contributed by atoms with van der Waals surface area (Å²) < 4.78 is 9.95. The molecule has 19 heavy (non-hydrogen) atoms. The molecular weight excluding hydrogens is 248 g/mol. The van der Waals surface area contributed by atoms with Crippen molar-refractivity contribution in [2.24, 2.45) is 11.1 Å². The molecule has 1 aliphatic rings. The number of ether oxygens (including phenoxy) is 2. The number of methoxy groups -OCH3 is 1. The van der Waals surface area contributed by atoms with E-state index < -0.39 is 11.4 Å². The van der Waals surface area contributed by atoms with E-state index in [1.165, 1.54) is 7.11 Å². The van der Waals surface area contributed by atoms with Gasteiger partial charge < -0.3 is 20.1 Å². The number of nitrogens with two attached hydrogens (primary N) is 1. The molecule has 1 saturated heterocycles. The summed E-state index contributed by atoms with van der Waals surface area (Å²) in [7, 11) is 1.32. The fourth-order valence-electron chi connectivity index (χ4n) is 2.26. The molecule has 0 unspecified atom stereocenters. The van der Waals surface area contributed by atoms with Crippen LogP contribution in [-0.2, 0) is 19.1 Å². The Bertz CT molecular complexity index is 325. The van der Waals surface area contributed by atoms with Crippen molar-refractivity contribution in [1.82, 2.24) is 4.90 Å². The lowest BCUT2D eigenvalue weighted by Gasteiger charge is -2.40. The van der Waals surface area contributed by atoms with Crippen molar-refractivity contribution >= 4 is 11.9 Å². The highest BCUT2D eigenvalue weighted by molar-refractivity contribution is 5.87. The van der Waals surface area contributed by atoms with Gasteiger partial charge in [-0.15, -0.1) is 0 Å². The number of hydrogen-bond donors (Lipinski definition) is 1. The lowest BCUT2D eigenvalue weighted by Crippen LogP contribution is -2.54. The van der Waals surface area contributed by atoms with E-state index in [9.17, 15) is 9.59 Å². The molecule has 0 radical (unpaired) electrons. The predicted octanol–water partition coefficient (Wildman–Crippen LogP) is 0.152. The summed E-state index contributed by atoms with van der Waals surface area (Å²) in [6.07, 6.45) is 1.21. The molecule has 6 nitrogen and oxygen atoms in total. The van der Waals surface area contributed by atoms with Crippen LogP contribution < -0.4 is 5.73 Å². The number of esters is 1. The molecular formula is C13H24N2O4. The minimum Gasteiger partial charge on any atom is -0.468 e. The van der Waals surface area contributed by atoms with Crippen LogP contribution in [0.3, 0.4) is 0 Å². The van der Waals surface area contributed by atoms with E-state index in [2.05, 4.69) is 4.74 Å². The molecule has 0 saturated carbocycles. The van der Waals surface area contributed by atoms with Crippen molar-refractivity contribution in [1.29, 1.82) is 0 Å². The Kier molecular flexibility index (Phi) is 5.75. The van der Waals surface area contributed by atoms with Crippen LogP contribution >= 0.6 is 0 Å². The van der Waals surface area contributed by atoms with E-state index in [1.54, 1.807) is 4.90 Å². The van der Waals surface area contributed by atoms with E-state index >= 15 is 0 Å². The minimum absolute atomic E-state index is 0.0321. The molecule has 2 N–H and O–H groups in total. The maximum absolute atomic E-state index is 12.7. The molecule has 110 valence electrons. The van der Waals surface area contributed by atoms with E-state index in [-0.39, 0.29) is 25.0 Å². The molecule has 0 aliphatic carbocycles. The van der Waals surface area contributed by atoms with Crippen molar-refractivity contribution in [2.45, 2.75) is 32.7 Å². The van der Waals surface area contributed by atoms with Gasteiger partial charge in [0.2, 0.25) is 5.91 Å². The molecule has 6 heteroatoms. The summed E-state index contributed by atoms with van der Waals surface area (Å²) in [6.45, 7) is 5.07. The Hall–Kier alpha value is -1.14. The largest absolute Gasteiger partial charge is 0.468 e. The van der Waals surface area contributed by atoms with Crippen LogP contribution in [0.15, 0.2) is 0 Å². The lowest BCUT2D eigenvalue weighted by atomic mass is 9.78. The van der Waals surface area contributed by atoms with Crippen LogP contribution in [0.5, 0.6) is 0 Å². The maximum Gasteiger partial charge on any atom is 0.325 e. The maximum atomic E-state index is 12.7. The molecule has 1 heterocycles. The topological polar surface area (TPSA) is 81.9 Å². The van der Waals surface area contributed by atoms with Crippen LogP contribution in [-0.4, -0.2) is 56.2 Å². The molecule has 0 aromatic heterocycles. The summed E-state index contributed by atoms with van der Waals surface area (Å²) in [4.78, 5) is 25.7. The van der Waals surface area contributed by atoms with Gasteiger partial charge in [-0.2, -0.15) is 0 Å². The number of carbonyl (C=O) groups is 2. The van der Waals surface area contributed by atoms with Crippen LogP contribution in [0.2, 0.25) is 0 Å². The molecule has 1 aliphatic heterocycles. The third-order valence-electron chi connectivity index (χ3n) is 3.71. The zero-order chi connectivity index (χ0) is 14.5. The number of hydrogen-bond acceptors (Lipinski definition) is 5. The van der Waals surface area contributed by atoms with E-state index in [1.807, 2.05) is 13.8 Å². The van der Waals surface area contributed by atoms with E-state index in [4.69, 9.17) is 10.5 Å². The Morgan fingerprint density at radius 1 is 1.37 bits per heavy atom. The third kappa shape index (κ3) is 3.67. The number of amides is 1. The van der Waals surface area contributed by atoms with E-state index in [0.717, 1.165) is 0 Å². The monoisotopic (exact) mass is 272 g/mol. The molecule has 0 bridgehead atoms. The van der Waals surface area contributed by atoms with Gasteiger partial charge in [-0.1, -0.05) is 0 Å². The molecule has 0 atom stereocenters. The van der Waals surface area contributed by atoms with Crippen LogP contribution in [0, 0.1) is 5.41 Å². The summed E-state index contributed by atoms with van der Waals surface area (Å²) >= 11 is 0. The van der Waals surface area contributed by atoms with Gasteiger partial charge in [0, 0.05) is 25.8 Å². The van der Waals surface area contributed by atoms with Gasteiger partial charge >= 0.3 is 5.97 Å². The second-order valence-electron chi connectivity index (χ2n) is 5.20. The zero-order valence-electron chi connectivity index (χ0n) is 12.0. The summed E-state index contributed by atoms with van der Waals surface area (Å²) in [5, 5.41) is 0. The number of carbonyl (C=O) groups excluding carboxylic acids is 2. The smallest absolute Gasteiger partial charge is 0.325 e. The highest BCUT2D eigenvalue weighted by atomic mass is 16.5. The molecule has 0 aromatic rings. The summed E-state index contributed by atoms with van der Waals surface area (Å²) in [5.41, 5.74) is 5.22. The fraction of sp³-hybridized carbons (Fsp3) is 0.846. The second kappa shape index (κ2) is 6.86. The van der Waals surface area contributed by atoms with Crippen LogP contribution in [0.4, 0.5) is 0 Å². The minimum atomic E-state index is -0.601. The van der Waals surface area contributed by atoms with Crippen molar-refractivity contribution < 1.29 is 19.1 Å². The first-order valence-corrected chi connectivity index (χ1v) is 6.62. The highest BCUT2D eigenvalue weighted by Gasteiger charge is 2.42. The van der Waals surface area contributed by atoms with Crippen molar-refractivity contribution in [3.05, 3.63) is 0 Å². The van der Waals surface area contributed by atoms with Gasteiger partial charge in [-0.05, 0) is 26.7 Å². The van der Waals surface area contributed by atoms with Gasteiger partial charge in [-0.25, -0.2) is 0 Å². The molecule has 0 spiro atoms. The van der Waals surface area contributed by atoms with Crippen molar-refractivity contribution in [3.8, 4) is 0 Å². The molecule has 1 amide bonds. The van der Waals surface area contributed by atoms with Crippen molar-refractivity contribution in [3.63, 3.8) is 0 Å². The third-order valence-corrected chi connectivity index (χ3v) is 3.71. The van der Waals surface area contributed by atoms with Crippen LogP contribution in [0.25, 0.3) is 0 Å². The first-order valence-electron chi connectivity index (χ1n) is 6.62. The van der Waals surface area contributed by atoms with Gasteiger partial charge in [-0.3, -0.25) is 9.59 Å². The SMILES string of the molecule is COC(=O)CN(C(=O)C1(CN)CCOCC1)C(C)C. The quantitative estimate of drug-likeness (QED) is 0.721. The standard InChI is InChI=1S/C13H24N2O4/c1-10(2)15(8-11(16)18-3)12(17)13(9-14)4-6-19-7-5-13/h10H,4-9,14H2,1-3H3. The summed E-state index contributed by atoms with van der Waals surface area (Å²) in [5.74, 6) is -0.486. The molecule has 1 fully saturated rings. The first kappa shape index (κ1) is 15.9. The summed E-state index contributed by atoms with van der Waals surface area (Å²) in [6, 6.07) is -0.0714. The molecule has 0 aromatic carbocycles. The predicted molar refractivity (Wildman–Crippen MR) is 70.4 cm³/mol. The van der Waals surface area contributed by atoms with Gasteiger partial charge in [0.25, 0.3) is 0 Å². The average Bonchev–Trinajstić information content (AvgIpc) is 2.44. The van der Waals surface area contributed by atoms with Crippen molar-refractivity contribution in [2.75, 3.05) is 33.4 Å². The van der Waals surface area contributed by atoms with Crippen LogP contribution in [0.1, 0.15) is 26.7 Å². The second-order valence-corrected chi connectivity index (χ2v) is 5.20. The zero-order valence-corrected chi connectivity index (χ0v) is 12.0. The van der Waals surface area contributed by atoms with E-state index in [0.29, 0.717) is 26.1 Å². The lowest BCUT2D eigenvalue weighted by molar-refractivity contribution is -0.156. The Morgan fingerprint density at radius 3 is 2.37 bits per heavy atom. The van der Waals surface area contributed by atoms with Gasteiger partial charge in [0.1, 0.15) is 6.54 Å². The normalized spacial score (nSPS) is 18.2. The Labute approximate surface area is 114 Å².